The number of hydrogen-bond acceptors (Lipinski definition) is 7. The molecule has 4 rings (SSSR count). The van der Waals surface area contributed by atoms with Gasteiger partial charge in [-0.1, -0.05) is 48.5 Å². The van der Waals surface area contributed by atoms with Crippen molar-refractivity contribution >= 4 is 16.2 Å². The fraction of sp³-hybridized carbons (Fsp3) is 0.179. The van der Waals surface area contributed by atoms with Gasteiger partial charge < -0.3 is 13.9 Å². The summed E-state index contributed by atoms with van der Waals surface area (Å²) in [6.07, 6.45) is 1.95. The van der Waals surface area contributed by atoms with E-state index in [0.717, 1.165) is 35.1 Å². The zero-order valence-electron chi connectivity index (χ0n) is 20.1. The molecule has 8 heteroatoms. The van der Waals surface area contributed by atoms with E-state index in [2.05, 4.69) is 9.17 Å². The molecule has 0 fully saturated rings. The van der Waals surface area contributed by atoms with Crippen molar-refractivity contribution in [1.82, 2.24) is 4.98 Å². The van der Waals surface area contributed by atoms with Gasteiger partial charge >= 0.3 is 0 Å². The van der Waals surface area contributed by atoms with Crippen LogP contribution in [0.25, 0.3) is 17.5 Å². The van der Waals surface area contributed by atoms with Gasteiger partial charge in [-0.25, -0.2) is 4.98 Å². The lowest BCUT2D eigenvalue weighted by molar-refractivity contribution is 0.295. The van der Waals surface area contributed by atoms with Crippen molar-refractivity contribution in [2.24, 2.45) is 0 Å². The maximum absolute atomic E-state index is 11.8. The van der Waals surface area contributed by atoms with E-state index >= 15 is 0 Å². The lowest BCUT2D eigenvalue weighted by atomic mass is 10.2. The third kappa shape index (κ3) is 6.84. The second kappa shape index (κ2) is 11.7. The summed E-state index contributed by atoms with van der Waals surface area (Å²) in [5.41, 5.74) is 3.31. The van der Waals surface area contributed by atoms with Crippen molar-refractivity contribution in [3.63, 3.8) is 0 Å². The summed E-state index contributed by atoms with van der Waals surface area (Å²) in [5, 5.41) is 0.994. The molecule has 0 aliphatic rings. The zero-order chi connectivity index (χ0) is 25.4. The van der Waals surface area contributed by atoms with Crippen LogP contribution in [0.4, 0.5) is 0 Å². The number of aromatic nitrogens is 1. The number of benzene rings is 3. The largest absolute Gasteiger partial charge is 0.492 e. The lowest BCUT2D eigenvalue weighted by Gasteiger charge is -2.12. The van der Waals surface area contributed by atoms with E-state index in [1.54, 1.807) is 18.2 Å². The monoisotopic (exact) mass is 505 g/mol. The van der Waals surface area contributed by atoms with Crippen LogP contribution >= 0.6 is 0 Å². The summed E-state index contributed by atoms with van der Waals surface area (Å²) in [4.78, 5) is 4.61. The van der Waals surface area contributed by atoms with Gasteiger partial charge in [-0.05, 0) is 42.8 Å². The van der Waals surface area contributed by atoms with Crippen molar-refractivity contribution in [2.45, 2.75) is 20.0 Å². The first kappa shape index (κ1) is 25.2. The van der Waals surface area contributed by atoms with E-state index < -0.39 is 10.1 Å². The Morgan fingerprint density at radius 3 is 2.39 bits per heavy atom. The van der Waals surface area contributed by atoms with Crippen LogP contribution in [0.3, 0.4) is 0 Å². The molecule has 4 aromatic rings. The minimum absolute atomic E-state index is 0.307. The summed E-state index contributed by atoms with van der Waals surface area (Å²) < 4.78 is 45.8. The second-order valence-electron chi connectivity index (χ2n) is 7.92. The molecule has 7 nitrogen and oxygen atoms in total. The summed E-state index contributed by atoms with van der Waals surface area (Å²) in [6, 6.07) is 24.8. The van der Waals surface area contributed by atoms with Gasteiger partial charge in [-0.2, -0.15) is 8.42 Å². The van der Waals surface area contributed by atoms with Gasteiger partial charge in [-0.3, -0.25) is 4.18 Å². The zero-order valence-corrected chi connectivity index (χ0v) is 20.9. The minimum Gasteiger partial charge on any atom is -0.492 e. The maximum atomic E-state index is 11.8. The number of ether oxygens (including phenoxy) is 2. The first-order chi connectivity index (χ1) is 17.4. The number of oxazole rings is 1. The molecule has 0 bridgehead atoms. The second-order valence-corrected chi connectivity index (χ2v) is 9.51. The van der Waals surface area contributed by atoms with Gasteiger partial charge in [0.05, 0.1) is 24.8 Å². The van der Waals surface area contributed by atoms with Crippen molar-refractivity contribution in [3.8, 4) is 23.0 Å². The van der Waals surface area contributed by atoms with Gasteiger partial charge in [0.15, 0.2) is 0 Å². The van der Waals surface area contributed by atoms with Crippen LogP contribution in [-0.4, -0.2) is 27.1 Å². The Hall–Kier alpha value is -3.88. The molecule has 0 saturated heterocycles. The highest BCUT2D eigenvalue weighted by Gasteiger charge is 2.13. The summed E-state index contributed by atoms with van der Waals surface area (Å²) in [5.74, 6) is 2.37. The van der Waals surface area contributed by atoms with Crippen molar-refractivity contribution in [1.29, 1.82) is 0 Å². The Balaban J connectivity index is 1.49. The van der Waals surface area contributed by atoms with Crippen molar-refractivity contribution < 1.29 is 26.5 Å². The molecule has 0 amide bonds. The molecule has 0 unspecified atom stereocenters. The fourth-order valence-corrected chi connectivity index (χ4v) is 3.87. The van der Waals surface area contributed by atoms with Gasteiger partial charge in [0.1, 0.15) is 23.9 Å². The molecule has 0 atom stereocenters. The molecule has 36 heavy (non-hydrogen) atoms. The van der Waals surface area contributed by atoms with Gasteiger partial charge in [-0.15, -0.1) is 0 Å². The van der Waals surface area contributed by atoms with Crippen LogP contribution in [0.2, 0.25) is 0 Å². The smallest absolute Gasteiger partial charge is 0.289 e. The van der Waals surface area contributed by atoms with Crippen LogP contribution in [-0.2, 0) is 27.3 Å². The van der Waals surface area contributed by atoms with E-state index in [1.165, 1.54) is 6.08 Å². The highest BCUT2D eigenvalue weighted by molar-refractivity contribution is 7.89. The Labute approximate surface area is 211 Å². The molecule has 0 saturated carbocycles. The predicted octanol–water partition coefficient (Wildman–Crippen LogP) is 5.80. The van der Waals surface area contributed by atoms with Crippen molar-refractivity contribution in [2.75, 3.05) is 13.7 Å². The van der Waals surface area contributed by atoms with E-state index in [4.69, 9.17) is 13.9 Å². The van der Waals surface area contributed by atoms with Crippen LogP contribution in [0, 0.1) is 6.92 Å². The Kier molecular flexibility index (Phi) is 8.20. The fourth-order valence-electron chi connectivity index (χ4n) is 3.44. The number of rotatable bonds is 11. The summed E-state index contributed by atoms with van der Waals surface area (Å²) in [6.45, 7) is 2.58. The topological polar surface area (TPSA) is 87.9 Å². The number of nitrogens with zero attached hydrogens (tertiary/aromatic N) is 1. The highest BCUT2D eigenvalue weighted by atomic mass is 32.2. The van der Waals surface area contributed by atoms with E-state index in [0.29, 0.717) is 42.6 Å². The van der Waals surface area contributed by atoms with Gasteiger partial charge in [0, 0.05) is 23.6 Å². The van der Waals surface area contributed by atoms with Gasteiger partial charge in [0.25, 0.3) is 10.1 Å². The molecule has 0 spiro atoms. The molecule has 0 aliphatic carbocycles. The highest BCUT2D eigenvalue weighted by Crippen LogP contribution is 2.28. The Morgan fingerprint density at radius 2 is 1.67 bits per heavy atom. The van der Waals surface area contributed by atoms with E-state index in [-0.39, 0.29) is 0 Å². The number of aryl methyl sites for hydroxylation is 1. The average Bonchev–Trinajstić information content (AvgIpc) is 3.28. The SMILES string of the molecule is COS(=O)(=O)/C=C/c1ccc(OCc2ccccc2)cc1OCCc1nc(-c2ccccc2)oc1C. The summed E-state index contributed by atoms with van der Waals surface area (Å²) >= 11 is 0. The standard InChI is InChI=1S/C28H27NO6S/c1-21-26(29-28(35-21)24-11-7-4-8-12-24)15-17-33-27-19-25(34-20-22-9-5-3-6-10-22)14-13-23(27)16-18-36(30,31)32-2/h3-14,16,18-19H,15,17,20H2,1-2H3/b18-16+. The van der Waals surface area contributed by atoms with Crippen LogP contribution < -0.4 is 9.47 Å². The molecule has 0 N–H and O–H groups in total. The third-order valence-electron chi connectivity index (χ3n) is 5.39. The third-order valence-corrected chi connectivity index (χ3v) is 6.32. The molecule has 1 heterocycles. The van der Waals surface area contributed by atoms with Gasteiger partial charge in [0.2, 0.25) is 5.89 Å². The van der Waals surface area contributed by atoms with E-state index in [1.807, 2.05) is 67.6 Å². The molecular formula is C28H27NO6S. The Bertz CT molecular complexity index is 1410. The van der Waals surface area contributed by atoms with Crippen LogP contribution in [0.5, 0.6) is 11.5 Å². The summed E-state index contributed by atoms with van der Waals surface area (Å²) in [7, 11) is -2.66. The molecule has 1 aromatic heterocycles. The minimum atomic E-state index is -3.77. The van der Waals surface area contributed by atoms with Crippen LogP contribution in [0.1, 0.15) is 22.6 Å². The molecule has 3 aromatic carbocycles. The van der Waals surface area contributed by atoms with Crippen LogP contribution in [0.15, 0.2) is 88.7 Å². The molecule has 186 valence electrons. The Morgan fingerprint density at radius 1 is 0.944 bits per heavy atom. The molecule has 0 aliphatic heterocycles. The molecular weight excluding hydrogens is 478 g/mol. The first-order valence-electron chi connectivity index (χ1n) is 11.4. The number of hydrogen-bond donors (Lipinski definition) is 0. The van der Waals surface area contributed by atoms with Crippen molar-refractivity contribution in [3.05, 3.63) is 107 Å². The van der Waals surface area contributed by atoms with E-state index in [9.17, 15) is 8.42 Å². The molecule has 0 radical (unpaired) electrons. The normalized spacial score (nSPS) is 11.6. The first-order valence-corrected chi connectivity index (χ1v) is 12.8. The predicted molar refractivity (Wildman–Crippen MR) is 138 cm³/mol. The quantitative estimate of drug-likeness (QED) is 0.238. The average molecular weight is 506 g/mol. The maximum Gasteiger partial charge on any atom is 0.289 e. The lowest BCUT2D eigenvalue weighted by Crippen LogP contribution is -2.04.